The lowest BCUT2D eigenvalue weighted by atomic mass is 9.86. The highest BCUT2D eigenvalue weighted by Crippen LogP contribution is 2.36. The summed E-state index contributed by atoms with van der Waals surface area (Å²) in [6, 6.07) is 7.85. The number of carbonyl (C=O) groups excluding carboxylic acids is 3. The van der Waals surface area contributed by atoms with Gasteiger partial charge in [-0.2, -0.15) is 4.99 Å². The first-order chi connectivity index (χ1) is 19.7. The fraction of sp³-hybridized carbons (Fsp3) is 0.448. The molecule has 2 aliphatic heterocycles. The molecule has 2 atom stereocenters. The number of amides is 4. The number of aliphatic imine (C=N–C) groups is 1. The third-order valence-electron chi connectivity index (χ3n) is 7.55. The number of rotatable bonds is 9. The minimum Gasteiger partial charge on any atom is -0.468 e. The SMILES string of the molecule is COCC1=NC(=O)N(C(=O)NCCCN2CCC(c3cccc(N)c3)CC2)[C@@H](c2ccc(F)c(F)c2)C1C(=O)OC. The lowest BCUT2D eigenvalue weighted by molar-refractivity contribution is -0.144. The van der Waals surface area contributed by atoms with Crippen molar-refractivity contribution in [3.63, 3.8) is 0 Å². The molecule has 2 heterocycles. The van der Waals surface area contributed by atoms with E-state index < -0.39 is 41.6 Å². The lowest BCUT2D eigenvalue weighted by Gasteiger charge is -2.37. The van der Waals surface area contributed by atoms with E-state index in [1.54, 1.807) is 0 Å². The van der Waals surface area contributed by atoms with Crippen molar-refractivity contribution in [2.45, 2.75) is 31.2 Å². The van der Waals surface area contributed by atoms with Gasteiger partial charge in [-0.3, -0.25) is 4.79 Å². The molecule has 0 spiro atoms. The number of carbonyl (C=O) groups is 3. The maximum atomic E-state index is 14.2. The van der Waals surface area contributed by atoms with Crippen molar-refractivity contribution in [3.8, 4) is 0 Å². The van der Waals surface area contributed by atoms with Gasteiger partial charge in [0.25, 0.3) is 0 Å². The summed E-state index contributed by atoms with van der Waals surface area (Å²) in [6.45, 7) is 2.61. The Morgan fingerprint density at radius 1 is 1.07 bits per heavy atom. The topological polar surface area (TPSA) is 127 Å². The van der Waals surface area contributed by atoms with E-state index in [1.807, 2.05) is 18.2 Å². The standard InChI is InChI=1S/C29H35F2N5O5/c1-40-17-24-25(27(37)41-2)26(20-7-8-22(30)23(31)16-20)36(29(39)34-24)28(38)33-11-4-12-35-13-9-18(10-14-35)19-5-3-6-21(32)15-19/h3,5-8,15-16,18,25-26H,4,9-14,17,32H2,1-2H3,(H,33,38)/t25?,26-/m0/s1. The van der Waals surface area contributed by atoms with Crippen LogP contribution in [0.4, 0.5) is 24.1 Å². The Hall–Kier alpha value is -3.90. The van der Waals surface area contributed by atoms with Crippen molar-refractivity contribution < 1.29 is 32.6 Å². The zero-order valence-corrected chi connectivity index (χ0v) is 23.1. The Morgan fingerprint density at radius 2 is 1.83 bits per heavy atom. The summed E-state index contributed by atoms with van der Waals surface area (Å²) in [5.41, 5.74) is 7.99. The van der Waals surface area contributed by atoms with Gasteiger partial charge in [0.15, 0.2) is 11.6 Å². The number of benzene rings is 2. The van der Waals surface area contributed by atoms with Gasteiger partial charge in [0, 0.05) is 19.3 Å². The first kappa shape index (κ1) is 30.1. The number of piperidine rings is 1. The van der Waals surface area contributed by atoms with Crippen LogP contribution < -0.4 is 11.1 Å². The predicted octanol–water partition coefficient (Wildman–Crippen LogP) is 3.88. The van der Waals surface area contributed by atoms with Crippen molar-refractivity contribution in [1.82, 2.24) is 15.1 Å². The third kappa shape index (κ3) is 7.06. The number of likely N-dealkylation sites (tertiary alicyclic amines) is 1. The van der Waals surface area contributed by atoms with E-state index in [0.717, 1.165) is 62.3 Å². The monoisotopic (exact) mass is 571 g/mol. The van der Waals surface area contributed by atoms with E-state index in [9.17, 15) is 23.2 Å². The van der Waals surface area contributed by atoms with E-state index in [-0.39, 0.29) is 24.4 Å². The summed E-state index contributed by atoms with van der Waals surface area (Å²) in [5, 5.41) is 2.72. The number of nitrogens with zero attached hydrogens (tertiary/aromatic N) is 3. The van der Waals surface area contributed by atoms with E-state index in [4.69, 9.17) is 15.2 Å². The van der Waals surface area contributed by atoms with Gasteiger partial charge >= 0.3 is 18.0 Å². The predicted molar refractivity (Wildman–Crippen MR) is 148 cm³/mol. The van der Waals surface area contributed by atoms with Crippen LogP contribution in [0.25, 0.3) is 0 Å². The van der Waals surface area contributed by atoms with Crippen molar-refractivity contribution in [2.24, 2.45) is 10.9 Å². The Labute approximate surface area is 237 Å². The molecule has 2 aliphatic rings. The summed E-state index contributed by atoms with van der Waals surface area (Å²) in [4.78, 5) is 46.1. The zero-order chi connectivity index (χ0) is 29.5. The number of ether oxygens (including phenoxy) is 2. The van der Waals surface area contributed by atoms with Crippen molar-refractivity contribution in [1.29, 1.82) is 0 Å². The molecule has 1 unspecified atom stereocenters. The number of anilines is 1. The van der Waals surface area contributed by atoms with Gasteiger partial charge in [-0.15, -0.1) is 0 Å². The van der Waals surface area contributed by atoms with Gasteiger partial charge in [0.2, 0.25) is 0 Å². The van der Waals surface area contributed by atoms with Gasteiger partial charge in [0.05, 0.1) is 25.5 Å². The largest absolute Gasteiger partial charge is 0.468 e. The van der Waals surface area contributed by atoms with E-state index in [1.165, 1.54) is 18.7 Å². The molecular weight excluding hydrogens is 536 g/mol. The van der Waals surface area contributed by atoms with Crippen LogP contribution in [0, 0.1) is 17.6 Å². The molecule has 12 heteroatoms. The smallest absolute Gasteiger partial charge is 0.352 e. The van der Waals surface area contributed by atoms with Gasteiger partial charge in [-0.1, -0.05) is 18.2 Å². The molecule has 4 rings (SSSR count). The average Bonchev–Trinajstić information content (AvgIpc) is 2.96. The lowest BCUT2D eigenvalue weighted by Crippen LogP contribution is -2.54. The van der Waals surface area contributed by atoms with Crippen molar-refractivity contribution >= 4 is 29.4 Å². The zero-order valence-electron chi connectivity index (χ0n) is 23.1. The number of nitrogens with two attached hydrogens (primary N) is 1. The third-order valence-corrected chi connectivity index (χ3v) is 7.55. The van der Waals surface area contributed by atoms with Gasteiger partial charge < -0.3 is 25.4 Å². The number of halogens is 2. The van der Waals surface area contributed by atoms with E-state index in [0.29, 0.717) is 12.3 Å². The van der Waals surface area contributed by atoms with Crippen molar-refractivity contribution in [3.05, 3.63) is 65.2 Å². The normalized spacial score (nSPS) is 20.0. The minimum atomic E-state index is -1.32. The molecule has 0 radical (unpaired) electrons. The number of methoxy groups -OCH3 is 2. The van der Waals surface area contributed by atoms with Crippen molar-refractivity contribution in [2.75, 3.05) is 52.7 Å². The Balaban J connectivity index is 1.41. The molecule has 4 amide bonds. The number of esters is 1. The van der Waals surface area contributed by atoms with Crippen LogP contribution in [0.3, 0.4) is 0 Å². The summed E-state index contributed by atoms with van der Waals surface area (Å²) in [7, 11) is 2.50. The molecule has 3 N–H and O–H groups in total. The summed E-state index contributed by atoms with van der Waals surface area (Å²) in [5.74, 6) is -3.91. The maximum absolute atomic E-state index is 14.2. The number of hydrogen-bond donors (Lipinski definition) is 2. The molecule has 2 aromatic rings. The van der Waals surface area contributed by atoms with Crippen LogP contribution >= 0.6 is 0 Å². The van der Waals surface area contributed by atoms with Gasteiger partial charge in [-0.25, -0.2) is 23.3 Å². The number of imide groups is 1. The second kappa shape index (κ2) is 13.6. The summed E-state index contributed by atoms with van der Waals surface area (Å²) in [6.07, 6.45) is 2.63. The molecule has 0 bridgehead atoms. The highest BCUT2D eigenvalue weighted by atomic mass is 19.2. The second-order valence-electron chi connectivity index (χ2n) is 10.2. The van der Waals surface area contributed by atoms with Crippen LogP contribution in [0.5, 0.6) is 0 Å². The molecule has 1 fully saturated rings. The summed E-state index contributed by atoms with van der Waals surface area (Å²) < 4.78 is 38.0. The number of nitrogens with one attached hydrogen (secondary N) is 1. The van der Waals surface area contributed by atoms with Gasteiger partial charge in [-0.05, 0) is 80.2 Å². The molecule has 10 nitrogen and oxygen atoms in total. The first-order valence-corrected chi connectivity index (χ1v) is 13.5. The van der Waals surface area contributed by atoms with E-state index >= 15 is 0 Å². The number of urea groups is 2. The highest BCUT2D eigenvalue weighted by molar-refractivity contribution is 6.12. The maximum Gasteiger partial charge on any atom is 0.352 e. The van der Waals surface area contributed by atoms with Gasteiger partial charge in [0.1, 0.15) is 5.92 Å². The van der Waals surface area contributed by atoms with Crippen LogP contribution in [0.15, 0.2) is 47.5 Å². The van der Waals surface area contributed by atoms with Crippen LogP contribution in [0.2, 0.25) is 0 Å². The minimum absolute atomic E-state index is 0.0183. The Morgan fingerprint density at radius 3 is 2.49 bits per heavy atom. The molecule has 1 saturated heterocycles. The Kier molecular flexibility index (Phi) is 10.0. The fourth-order valence-corrected chi connectivity index (χ4v) is 5.50. The van der Waals surface area contributed by atoms with Crippen LogP contribution in [-0.4, -0.2) is 80.5 Å². The van der Waals surface area contributed by atoms with E-state index in [2.05, 4.69) is 21.3 Å². The van der Waals surface area contributed by atoms with Crippen LogP contribution in [0.1, 0.15) is 42.3 Å². The molecule has 2 aromatic carbocycles. The molecular formula is C29H35F2N5O5. The first-order valence-electron chi connectivity index (χ1n) is 13.5. The molecule has 41 heavy (non-hydrogen) atoms. The Bertz CT molecular complexity index is 1300. The average molecular weight is 572 g/mol. The molecule has 220 valence electrons. The number of nitrogen functional groups attached to an aromatic ring is 1. The highest BCUT2D eigenvalue weighted by Gasteiger charge is 2.47. The summed E-state index contributed by atoms with van der Waals surface area (Å²) >= 11 is 0. The second-order valence-corrected chi connectivity index (χ2v) is 10.2. The number of hydrogen-bond acceptors (Lipinski definition) is 7. The fourth-order valence-electron chi connectivity index (χ4n) is 5.50. The molecule has 0 aromatic heterocycles. The quantitative estimate of drug-likeness (QED) is 0.266. The molecule has 0 aliphatic carbocycles. The van der Waals surface area contributed by atoms with Crippen LogP contribution in [-0.2, 0) is 14.3 Å². The molecule has 0 saturated carbocycles.